The lowest BCUT2D eigenvalue weighted by atomic mass is 10.0. The van der Waals surface area contributed by atoms with E-state index in [1.165, 1.54) is 11.3 Å². The molecule has 5 nitrogen and oxygen atoms in total. The summed E-state index contributed by atoms with van der Waals surface area (Å²) in [4.78, 5) is 22.4. The van der Waals surface area contributed by atoms with Gasteiger partial charge in [0.1, 0.15) is 5.52 Å². The monoisotopic (exact) mass is 429 g/mol. The molecule has 0 spiro atoms. The number of hydrogen-bond donors (Lipinski definition) is 0. The van der Waals surface area contributed by atoms with E-state index in [0.717, 1.165) is 59.8 Å². The highest BCUT2D eigenvalue weighted by atomic mass is 35.5. The zero-order valence-corrected chi connectivity index (χ0v) is 18.2. The molecule has 0 aliphatic carbocycles. The fraction of sp³-hybridized carbons (Fsp3) is 0.364. The fourth-order valence-electron chi connectivity index (χ4n) is 3.48. The SMILES string of the molecule is Cc1ccc(C)c(C(=O)N(CCN2CCOCC2)c2nc3c(Cl)cccc3s2)c1. The number of para-hydroxylation sites is 1. The Bertz CT molecular complexity index is 1030. The Balaban J connectivity index is 1.68. The zero-order valence-electron chi connectivity index (χ0n) is 16.7. The van der Waals surface area contributed by atoms with Crippen molar-refractivity contribution in [2.45, 2.75) is 13.8 Å². The highest BCUT2D eigenvalue weighted by Gasteiger charge is 2.24. The number of fused-ring (bicyclic) bond motifs is 1. The number of benzene rings is 2. The van der Waals surface area contributed by atoms with Gasteiger partial charge in [0.05, 0.1) is 22.9 Å². The van der Waals surface area contributed by atoms with Crippen LogP contribution in [0, 0.1) is 13.8 Å². The Kier molecular flexibility index (Phi) is 6.15. The summed E-state index contributed by atoms with van der Waals surface area (Å²) in [6.45, 7) is 8.58. The molecule has 1 aromatic heterocycles. The van der Waals surface area contributed by atoms with E-state index in [1.807, 2.05) is 50.2 Å². The molecule has 1 aliphatic heterocycles. The van der Waals surface area contributed by atoms with Gasteiger partial charge in [-0.05, 0) is 37.6 Å². The highest BCUT2D eigenvalue weighted by Crippen LogP contribution is 2.33. The van der Waals surface area contributed by atoms with Gasteiger partial charge < -0.3 is 4.74 Å². The highest BCUT2D eigenvalue weighted by molar-refractivity contribution is 7.22. The van der Waals surface area contributed by atoms with E-state index in [9.17, 15) is 4.79 Å². The van der Waals surface area contributed by atoms with Crippen LogP contribution < -0.4 is 4.90 Å². The lowest BCUT2D eigenvalue weighted by Gasteiger charge is -2.29. The second kappa shape index (κ2) is 8.79. The summed E-state index contributed by atoms with van der Waals surface area (Å²) in [6, 6.07) is 11.7. The minimum Gasteiger partial charge on any atom is -0.379 e. The van der Waals surface area contributed by atoms with Crippen molar-refractivity contribution in [3.8, 4) is 0 Å². The standard InChI is InChI=1S/C22H24ClN3O2S/c1-15-6-7-16(2)17(14-15)21(27)26(9-8-25-10-12-28-13-11-25)22-24-20-18(23)4-3-5-19(20)29-22/h3-7,14H,8-13H2,1-2H3. The molecule has 2 aromatic carbocycles. The number of hydrogen-bond acceptors (Lipinski definition) is 5. The van der Waals surface area contributed by atoms with Gasteiger partial charge in [-0.15, -0.1) is 0 Å². The lowest BCUT2D eigenvalue weighted by Crippen LogP contribution is -2.43. The molecule has 29 heavy (non-hydrogen) atoms. The van der Waals surface area contributed by atoms with Gasteiger partial charge >= 0.3 is 0 Å². The first-order chi connectivity index (χ1) is 14.0. The van der Waals surface area contributed by atoms with Crippen molar-refractivity contribution in [1.29, 1.82) is 0 Å². The number of aromatic nitrogens is 1. The molecule has 1 saturated heterocycles. The molecular weight excluding hydrogens is 406 g/mol. The minimum atomic E-state index is -0.0189. The van der Waals surface area contributed by atoms with Gasteiger partial charge in [0, 0.05) is 31.7 Å². The normalized spacial score (nSPS) is 15.0. The van der Waals surface area contributed by atoms with E-state index in [4.69, 9.17) is 21.3 Å². The van der Waals surface area contributed by atoms with Gasteiger partial charge in [-0.25, -0.2) is 4.98 Å². The number of aryl methyl sites for hydroxylation is 2. The predicted octanol–water partition coefficient (Wildman–Crippen LogP) is 4.55. The number of anilines is 1. The number of thiazole rings is 1. The summed E-state index contributed by atoms with van der Waals surface area (Å²) in [5.41, 5.74) is 3.51. The van der Waals surface area contributed by atoms with E-state index < -0.39 is 0 Å². The first kappa shape index (κ1) is 20.3. The molecular formula is C22H24ClN3O2S. The number of nitrogens with zero attached hydrogens (tertiary/aromatic N) is 3. The zero-order chi connectivity index (χ0) is 20.4. The van der Waals surface area contributed by atoms with Crippen LogP contribution in [0.1, 0.15) is 21.5 Å². The molecule has 152 valence electrons. The van der Waals surface area contributed by atoms with E-state index in [-0.39, 0.29) is 5.91 Å². The van der Waals surface area contributed by atoms with Crippen LogP contribution in [0.2, 0.25) is 5.02 Å². The van der Waals surface area contributed by atoms with Gasteiger partial charge in [0.25, 0.3) is 5.91 Å². The van der Waals surface area contributed by atoms with Crippen molar-refractivity contribution in [2.75, 3.05) is 44.3 Å². The van der Waals surface area contributed by atoms with Gasteiger partial charge in [-0.3, -0.25) is 14.6 Å². The molecule has 1 amide bonds. The summed E-state index contributed by atoms with van der Waals surface area (Å²) in [5, 5.41) is 1.30. The fourth-order valence-corrected chi connectivity index (χ4v) is 4.77. The number of carbonyl (C=O) groups is 1. The third-order valence-corrected chi connectivity index (χ3v) is 6.55. The summed E-state index contributed by atoms with van der Waals surface area (Å²) in [6.07, 6.45) is 0. The summed E-state index contributed by atoms with van der Waals surface area (Å²) >= 11 is 7.84. The quantitative estimate of drug-likeness (QED) is 0.597. The smallest absolute Gasteiger partial charge is 0.260 e. The van der Waals surface area contributed by atoms with E-state index in [1.54, 1.807) is 4.90 Å². The largest absolute Gasteiger partial charge is 0.379 e. The third-order valence-electron chi connectivity index (χ3n) is 5.20. The molecule has 0 radical (unpaired) electrons. The van der Waals surface area contributed by atoms with Crippen LogP contribution in [0.5, 0.6) is 0 Å². The maximum atomic E-state index is 13.6. The Morgan fingerprint density at radius 1 is 1.24 bits per heavy atom. The summed E-state index contributed by atoms with van der Waals surface area (Å²) in [5.74, 6) is -0.0189. The molecule has 4 rings (SSSR count). The van der Waals surface area contributed by atoms with Crippen LogP contribution in [-0.4, -0.2) is 55.2 Å². The number of rotatable bonds is 5. The van der Waals surface area contributed by atoms with E-state index in [2.05, 4.69) is 4.90 Å². The van der Waals surface area contributed by atoms with Crippen molar-refractivity contribution in [3.05, 3.63) is 58.1 Å². The molecule has 2 heterocycles. The maximum absolute atomic E-state index is 13.6. The predicted molar refractivity (Wildman–Crippen MR) is 119 cm³/mol. The third kappa shape index (κ3) is 4.46. The number of carbonyl (C=O) groups excluding carboxylic acids is 1. The molecule has 0 unspecified atom stereocenters. The van der Waals surface area contributed by atoms with Crippen LogP contribution >= 0.6 is 22.9 Å². The van der Waals surface area contributed by atoms with E-state index >= 15 is 0 Å². The van der Waals surface area contributed by atoms with Gasteiger partial charge in [-0.2, -0.15) is 0 Å². The van der Waals surface area contributed by atoms with E-state index in [0.29, 0.717) is 16.7 Å². The maximum Gasteiger partial charge on any atom is 0.260 e. The van der Waals surface area contributed by atoms with Crippen LogP contribution in [0.4, 0.5) is 5.13 Å². The van der Waals surface area contributed by atoms with Crippen molar-refractivity contribution >= 4 is 44.2 Å². The molecule has 0 N–H and O–H groups in total. The minimum absolute atomic E-state index is 0.0189. The average Bonchev–Trinajstić information content (AvgIpc) is 3.16. The summed E-state index contributed by atoms with van der Waals surface area (Å²) in [7, 11) is 0. The van der Waals surface area contributed by atoms with Crippen molar-refractivity contribution in [3.63, 3.8) is 0 Å². The van der Waals surface area contributed by atoms with Crippen molar-refractivity contribution in [2.24, 2.45) is 0 Å². The lowest BCUT2D eigenvalue weighted by molar-refractivity contribution is 0.0391. The second-order valence-electron chi connectivity index (χ2n) is 7.31. The second-order valence-corrected chi connectivity index (χ2v) is 8.73. The molecule has 3 aromatic rings. The Hall–Kier alpha value is -1.99. The van der Waals surface area contributed by atoms with Crippen LogP contribution in [0.15, 0.2) is 36.4 Å². The molecule has 0 bridgehead atoms. The van der Waals surface area contributed by atoms with Crippen LogP contribution in [0.3, 0.4) is 0 Å². The van der Waals surface area contributed by atoms with Crippen molar-refractivity contribution < 1.29 is 9.53 Å². The molecule has 1 fully saturated rings. The first-order valence-corrected chi connectivity index (χ1v) is 11.0. The van der Waals surface area contributed by atoms with Gasteiger partial charge in [0.15, 0.2) is 5.13 Å². The molecule has 7 heteroatoms. The molecule has 0 atom stereocenters. The van der Waals surface area contributed by atoms with Crippen LogP contribution in [-0.2, 0) is 4.74 Å². The molecule has 0 saturated carbocycles. The Morgan fingerprint density at radius 3 is 2.79 bits per heavy atom. The number of ether oxygens (including phenoxy) is 1. The van der Waals surface area contributed by atoms with Gasteiger partial charge in [-0.1, -0.05) is 46.7 Å². The summed E-state index contributed by atoms with van der Waals surface area (Å²) < 4.78 is 6.43. The Labute approximate surface area is 179 Å². The molecule has 1 aliphatic rings. The average molecular weight is 430 g/mol. The first-order valence-electron chi connectivity index (χ1n) is 9.77. The number of morpholine rings is 1. The van der Waals surface area contributed by atoms with Gasteiger partial charge in [0.2, 0.25) is 0 Å². The Morgan fingerprint density at radius 2 is 2.03 bits per heavy atom. The topological polar surface area (TPSA) is 45.7 Å². The van der Waals surface area contributed by atoms with Crippen LogP contribution in [0.25, 0.3) is 10.2 Å². The number of amides is 1. The van der Waals surface area contributed by atoms with Crippen molar-refractivity contribution in [1.82, 2.24) is 9.88 Å². The number of halogens is 1.